The van der Waals surface area contributed by atoms with Gasteiger partial charge in [-0.3, -0.25) is 4.90 Å². The highest BCUT2D eigenvalue weighted by atomic mass is 15.3. The number of hydrogen-bond donors (Lipinski definition) is 2. The number of hydrogen-bond acceptors (Lipinski definition) is 4. The predicted octanol–water partition coefficient (Wildman–Crippen LogP) is 4.07. The van der Waals surface area contributed by atoms with Gasteiger partial charge >= 0.3 is 0 Å². The summed E-state index contributed by atoms with van der Waals surface area (Å²) in [6.45, 7) is 13.8. The van der Waals surface area contributed by atoms with Gasteiger partial charge in [-0.15, -0.1) is 0 Å². The van der Waals surface area contributed by atoms with Gasteiger partial charge < -0.3 is 15.3 Å². The van der Waals surface area contributed by atoms with Crippen LogP contribution < -0.4 is 4.90 Å². The lowest BCUT2D eigenvalue weighted by molar-refractivity contribution is 0.231. The number of nitrogens with one attached hydrogen (secondary N) is 2. The van der Waals surface area contributed by atoms with Crippen molar-refractivity contribution in [3.63, 3.8) is 0 Å². The number of anilines is 1. The van der Waals surface area contributed by atoms with Crippen molar-refractivity contribution >= 4 is 17.5 Å². The minimum atomic E-state index is 0.366. The Labute approximate surface area is 161 Å². The summed E-state index contributed by atoms with van der Waals surface area (Å²) >= 11 is 0. The molecule has 0 aliphatic carbocycles. The number of imidazole rings is 1. The smallest absolute Gasteiger partial charge is 0.130 e. The number of aromatic nitrogens is 2. The van der Waals surface area contributed by atoms with Gasteiger partial charge in [0.05, 0.1) is 17.6 Å². The maximum Gasteiger partial charge on any atom is 0.130 e. The summed E-state index contributed by atoms with van der Waals surface area (Å²) < 4.78 is 0. The molecule has 1 aliphatic heterocycles. The van der Waals surface area contributed by atoms with E-state index in [0.717, 1.165) is 49.2 Å². The van der Waals surface area contributed by atoms with Gasteiger partial charge in [0, 0.05) is 38.4 Å². The zero-order valence-electron chi connectivity index (χ0n) is 16.3. The molecule has 1 saturated heterocycles. The molecule has 0 bridgehead atoms. The lowest BCUT2D eigenvalue weighted by atomic mass is 10.1. The minimum absolute atomic E-state index is 0.366. The molecule has 2 heterocycles. The van der Waals surface area contributed by atoms with E-state index >= 15 is 0 Å². The van der Waals surface area contributed by atoms with E-state index in [1.165, 1.54) is 18.3 Å². The van der Waals surface area contributed by atoms with E-state index in [0.29, 0.717) is 5.71 Å². The number of H-pyrrole nitrogens is 1. The van der Waals surface area contributed by atoms with Crippen molar-refractivity contribution in [3.8, 4) is 11.3 Å². The predicted molar refractivity (Wildman–Crippen MR) is 114 cm³/mol. The van der Waals surface area contributed by atoms with Crippen LogP contribution in [-0.4, -0.2) is 53.3 Å². The Morgan fingerprint density at radius 2 is 1.93 bits per heavy atom. The number of aromatic amines is 1. The molecule has 0 atom stereocenters. The Bertz CT molecular complexity index is 792. The monoisotopic (exact) mass is 363 g/mol. The Morgan fingerprint density at radius 3 is 2.56 bits per heavy atom. The second-order valence-corrected chi connectivity index (χ2v) is 7.40. The average molecular weight is 364 g/mol. The third kappa shape index (κ3) is 5.17. The molecular formula is C22H29N5. The first-order chi connectivity index (χ1) is 13.0. The molecule has 0 radical (unpaired) electrons. The fourth-order valence-corrected chi connectivity index (χ4v) is 3.36. The van der Waals surface area contributed by atoms with E-state index in [1.54, 1.807) is 12.2 Å². The molecule has 2 aromatic rings. The number of benzene rings is 1. The highest BCUT2D eigenvalue weighted by Crippen LogP contribution is 2.23. The summed E-state index contributed by atoms with van der Waals surface area (Å²) in [6.07, 6.45) is 6.80. The second kappa shape index (κ2) is 8.82. The molecule has 5 nitrogen and oxygen atoms in total. The van der Waals surface area contributed by atoms with Gasteiger partial charge in [0.1, 0.15) is 5.82 Å². The Morgan fingerprint density at radius 1 is 1.22 bits per heavy atom. The van der Waals surface area contributed by atoms with Gasteiger partial charge in [0.2, 0.25) is 0 Å². The molecule has 142 valence electrons. The SMILES string of the molecule is C=CC(=N)/C=C\c1ncc(-c2ccc(N3CCN(CC(C)C)CC3)cc2)[nH]1. The largest absolute Gasteiger partial charge is 0.369 e. The molecule has 27 heavy (non-hydrogen) atoms. The van der Waals surface area contributed by atoms with Crippen molar-refractivity contribution in [2.24, 2.45) is 5.92 Å². The van der Waals surface area contributed by atoms with Gasteiger partial charge in [-0.25, -0.2) is 4.98 Å². The van der Waals surface area contributed by atoms with Gasteiger partial charge in [0.25, 0.3) is 0 Å². The minimum Gasteiger partial charge on any atom is -0.369 e. The molecule has 3 rings (SSSR count). The summed E-state index contributed by atoms with van der Waals surface area (Å²) in [7, 11) is 0. The van der Waals surface area contributed by atoms with E-state index in [-0.39, 0.29) is 0 Å². The van der Waals surface area contributed by atoms with Crippen LogP contribution >= 0.6 is 0 Å². The Hall–Kier alpha value is -2.66. The van der Waals surface area contributed by atoms with E-state index in [2.05, 4.69) is 64.5 Å². The molecule has 0 unspecified atom stereocenters. The van der Waals surface area contributed by atoms with Gasteiger partial charge in [0.15, 0.2) is 0 Å². The van der Waals surface area contributed by atoms with Crippen LogP contribution in [0.4, 0.5) is 5.69 Å². The first-order valence-electron chi connectivity index (χ1n) is 9.57. The summed E-state index contributed by atoms with van der Waals surface area (Å²) in [5, 5.41) is 7.57. The van der Waals surface area contributed by atoms with Crippen LogP contribution in [0.1, 0.15) is 19.7 Å². The first-order valence-corrected chi connectivity index (χ1v) is 9.57. The van der Waals surface area contributed by atoms with Crippen molar-refractivity contribution in [2.45, 2.75) is 13.8 Å². The summed E-state index contributed by atoms with van der Waals surface area (Å²) in [6, 6.07) is 8.67. The molecule has 0 saturated carbocycles. The molecule has 5 heteroatoms. The van der Waals surface area contributed by atoms with Crippen molar-refractivity contribution in [1.29, 1.82) is 5.41 Å². The van der Waals surface area contributed by atoms with E-state index in [4.69, 9.17) is 5.41 Å². The van der Waals surface area contributed by atoms with Crippen LogP contribution in [0.5, 0.6) is 0 Å². The molecule has 0 amide bonds. The Kier molecular flexibility index (Phi) is 6.24. The van der Waals surface area contributed by atoms with E-state index in [9.17, 15) is 0 Å². The lowest BCUT2D eigenvalue weighted by Gasteiger charge is -2.36. The fourth-order valence-electron chi connectivity index (χ4n) is 3.36. The molecular weight excluding hydrogens is 334 g/mol. The van der Waals surface area contributed by atoms with E-state index < -0.39 is 0 Å². The zero-order valence-corrected chi connectivity index (χ0v) is 16.3. The molecule has 2 N–H and O–H groups in total. The van der Waals surface area contributed by atoms with Crippen molar-refractivity contribution < 1.29 is 0 Å². The summed E-state index contributed by atoms with van der Waals surface area (Å²) in [4.78, 5) is 12.7. The topological polar surface area (TPSA) is 59.0 Å². The molecule has 1 aromatic carbocycles. The summed E-state index contributed by atoms with van der Waals surface area (Å²) in [5.74, 6) is 1.47. The highest BCUT2D eigenvalue weighted by molar-refractivity contribution is 6.03. The fraction of sp³-hybridized carbons (Fsp3) is 0.364. The van der Waals surface area contributed by atoms with Crippen LogP contribution in [0, 0.1) is 11.3 Å². The van der Waals surface area contributed by atoms with Crippen LogP contribution in [0.25, 0.3) is 17.3 Å². The van der Waals surface area contributed by atoms with Gasteiger partial charge in [-0.2, -0.15) is 0 Å². The van der Waals surface area contributed by atoms with Crippen LogP contribution in [0.15, 0.2) is 49.2 Å². The maximum absolute atomic E-state index is 7.57. The number of piperazine rings is 1. The maximum atomic E-state index is 7.57. The molecule has 1 fully saturated rings. The Balaban J connectivity index is 1.61. The first kappa shape index (κ1) is 19.1. The van der Waals surface area contributed by atoms with Gasteiger partial charge in [-0.1, -0.05) is 32.6 Å². The lowest BCUT2D eigenvalue weighted by Crippen LogP contribution is -2.47. The number of nitrogens with zero attached hydrogens (tertiary/aromatic N) is 3. The normalized spacial score (nSPS) is 15.6. The van der Waals surface area contributed by atoms with E-state index in [1.807, 2.05) is 6.20 Å². The van der Waals surface area contributed by atoms with Crippen molar-refractivity contribution in [2.75, 3.05) is 37.6 Å². The quantitative estimate of drug-likeness (QED) is 0.729. The second-order valence-electron chi connectivity index (χ2n) is 7.40. The van der Waals surface area contributed by atoms with Crippen LogP contribution in [0.2, 0.25) is 0 Å². The summed E-state index contributed by atoms with van der Waals surface area (Å²) in [5.41, 5.74) is 3.74. The number of rotatable bonds is 7. The third-order valence-electron chi connectivity index (χ3n) is 4.78. The van der Waals surface area contributed by atoms with Crippen molar-refractivity contribution in [3.05, 3.63) is 55.0 Å². The number of allylic oxidation sites excluding steroid dienone is 2. The highest BCUT2D eigenvalue weighted by Gasteiger charge is 2.17. The van der Waals surface area contributed by atoms with Crippen molar-refractivity contribution in [1.82, 2.24) is 14.9 Å². The van der Waals surface area contributed by atoms with Gasteiger partial charge in [-0.05, 0) is 41.8 Å². The average Bonchev–Trinajstić information content (AvgIpc) is 3.15. The third-order valence-corrected chi connectivity index (χ3v) is 4.78. The van der Waals surface area contributed by atoms with Crippen LogP contribution in [0.3, 0.4) is 0 Å². The molecule has 0 spiro atoms. The zero-order chi connectivity index (χ0) is 19.2. The molecule has 1 aromatic heterocycles. The molecule has 1 aliphatic rings. The standard InChI is InChI=1S/C22H29N5/c1-4-19(23)7-10-22-24-15-21(25-22)18-5-8-20(9-6-18)27-13-11-26(12-14-27)16-17(2)3/h4-10,15,17,23H,1,11-14,16H2,2-3H3,(H,24,25)/b10-7-,23-19?. The van der Waals surface area contributed by atoms with Crippen LogP contribution in [-0.2, 0) is 0 Å².